The molecule has 4 aromatic rings. The molecule has 0 saturated carbocycles. The molecule has 5 nitrogen and oxygen atoms in total. The first-order chi connectivity index (χ1) is 14.7. The number of carbonyl (C=O) groups is 2. The number of benzene rings is 3. The van der Waals surface area contributed by atoms with Gasteiger partial charge in [0.15, 0.2) is 0 Å². The van der Waals surface area contributed by atoms with E-state index >= 15 is 0 Å². The van der Waals surface area contributed by atoms with E-state index in [0.29, 0.717) is 16.8 Å². The Morgan fingerprint density at radius 1 is 0.833 bits per heavy atom. The molecule has 0 unspecified atom stereocenters. The van der Waals surface area contributed by atoms with Gasteiger partial charge in [0.1, 0.15) is 6.04 Å². The molecule has 1 heterocycles. The number of aromatic nitrogens is 1. The van der Waals surface area contributed by atoms with Crippen molar-refractivity contribution in [3.05, 3.63) is 102 Å². The summed E-state index contributed by atoms with van der Waals surface area (Å²) in [6, 6.07) is 27.4. The van der Waals surface area contributed by atoms with Crippen LogP contribution < -0.4 is 10.6 Å². The standard InChI is InChI=1S/C25H21N3O2/c1-26-25(30)23(18-12-6-3-7-13-18)28-24(29)20-16-22(17-10-4-2-5-11-17)27-21-15-9-8-14-19(20)21/h2-16,23H,1H3,(H,26,30)(H,28,29)/t23-/m0/s1. The number of nitrogens with one attached hydrogen (secondary N) is 2. The number of rotatable bonds is 5. The zero-order valence-corrected chi connectivity index (χ0v) is 16.5. The SMILES string of the molecule is CNC(=O)[C@@H](NC(=O)c1cc(-c2ccccc2)nc2ccccc12)c1ccccc1. The number of para-hydroxylation sites is 1. The van der Waals surface area contributed by atoms with Gasteiger partial charge in [-0.15, -0.1) is 0 Å². The third kappa shape index (κ3) is 3.91. The van der Waals surface area contributed by atoms with Gasteiger partial charge in [0.2, 0.25) is 5.91 Å². The molecule has 2 amide bonds. The first-order valence-electron chi connectivity index (χ1n) is 9.70. The number of amides is 2. The second-order valence-electron chi connectivity index (χ2n) is 6.87. The Hall–Kier alpha value is -3.99. The van der Waals surface area contributed by atoms with Crippen LogP contribution in [-0.4, -0.2) is 23.8 Å². The highest BCUT2D eigenvalue weighted by atomic mass is 16.2. The monoisotopic (exact) mass is 395 g/mol. The summed E-state index contributed by atoms with van der Waals surface area (Å²) in [6.07, 6.45) is 0. The number of carbonyl (C=O) groups excluding carboxylic acids is 2. The molecule has 0 fully saturated rings. The van der Waals surface area contributed by atoms with Crippen LogP contribution in [0.1, 0.15) is 22.0 Å². The quantitative estimate of drug-likeness (QED) is 0.534. The average molecular weight is 395 g/mol. The summed E-state index contributed by atoms with van der Waals surface area (Å²) in [6.45, 7) is 0. The molecule has 1 aromatic heterocycles. The van der Waals surface area contributed by atoms with Crippen molar-refractivity contribution >= 4 is 22.7 Å². The highest BCUT2D eigenvalue weighted by molar-refractivity contribution is 6.08. The van der Waals surface area contributed by atoms with E-state index < -0.39 is 6.04 Å². The smallest absolute Gasteiger partial charge is 0.252 e. The third-order valence-corrected chi connectivity index (χ3v) is 4.95. The number of nitrogens with zero attached hydrogens (tertiary/aromatic N) is 1. The average Bonchev–Trinajstić information content (AvgIpc) is 2.82. The molecule has 0 aliphatic rings. The Labute approximate surface area is 174 Å². The van der Waals surface area contributed by atoms with E-state index in [1.165, 1.54) is 0 Å². The van der Waals surface area contributed by atoms with Crippen molar-refractivity contribution in [2.75, 3.05) is 7.05 Å². The topological polar surface area (TPSA) is 71.1 Å². The summed E-state index contributed by atoms with van der Waals surface area (Å²) in [4.78, 5) is 30.5. The van der Waals surface area contributed by atoms with E-state index in [1.54, 1.807) is 13.1 Å². The maximum absolute atomic E-state index is 13.3. The zero-order valence-electron chi connectivity index (χ0n) is 16.5. The van der Waals surface area contributed by atoms with Crippen molar-refractivity contribution in [1.82, 2.24) is 15.6 Å². The Morgan fingerprint density at radius 3 is 2.17 bits per heavy atom. The van der Waals surface area contributed by atoms with Gasteiger partial charge in [0, 0.05) is 18.0 Å². The van der Waals surface area contributed by atoms with E-state index in [9.17, 15) is 9.59 Å². The van der Waals surface area contributed by atoms with Crippen LogP contribution in [0.15, 0.2) is 91.0 Å². The summed E-state index contributed by atoms with van der Waals surface area (Å²) >= 11 is 0. The minimum absolute atomic E-state index is 0.281. The van der Waals surface area contributed by atoms with Crippen molar-refractivity contribution in [2.45, 2.75) is 6.04 Å². The number of hydrogen-bond acceptors (Lipinski definition) is 3. The Balaban J connectivity index is 1.77. The summed E-state index contributed by atoms with van der Waals surface area (Å²) in [5.74, 6) is -0.612. The van der Waals surface area contributed by atoms with E-state index in [-0.39, 0.29) is 11.8 Å². The summed E-state index contributed by atoms with van der Waals surface area (Å²) < 4.78 is 0. The molecule has 0 saturated heterocycles. The van der Waals surface area contributed by atoms with Gasteiger partial charge in [0.05, 0.1) is 16.8 Å². The molecule has 0 radical (unpaired) electrons. The third-order valence-electron chi connectivity index (χ3n) is 4.95. The van der Waals surface area contributed by atoms with Crippen LogP contribution in [-0.2, 0) is 4.79 Å². The van der Waals surface area contributed by atoms with Crippen molar-refractivity contribution in [1.29, 1.82) is 0 Å². The van der Waals surface area contributed by atoms with E-state index in [4.69, 9.17) is 4.98 Å². The number of hydrogen-bond donors (Lipinski definition) is 2. The Kier molecular flexibility index (Phi) is 5.52. The second-order valence-corrected chi connectivity index (χ2v) is 6.87. The molecule has 0 bridgehead atoms. The predicted octanol–water partition coefficient (Wildman–Crippen LogP) is 4.12. The fraction of sp³-hybridized carbons (Fsp3) is 0.0800. The molecular formula is C25H21N3O2. The lowest BCUT2D eigenvalue weighted by atomic mass is 10.0. The van der Waals surface area contributed by atoms with Crippen LogP contribution in [0.2, 0.25) is 0 Å². The van der Waals surface area contributed by atoms with Crippen LogP contribution >= 0.6 is 0 Å². The number of fused-ring (bicyclic) bond motifs is 1. The first kappa shape index (κ1) is 19.3. The Morgan fingerprint density at radius 2 is 1.47 bits per heavy atom. The molecule has 1 atom stereocenters. The number of likely N-dealkylation sites (N-methyl/N-ethyl adjacent to an activating group) is 1. The molecular weight excluding hydrogens is 374 g/mol. The maximum Gasteiger partial charge on any atom is 0.252 e. The molecule has 5 heteroatoms. The van der Waals surface area contributed by atoms with Crippen molar-refractivity contribution in [3.8, 4) is 11.3 Å². The molecule has 4 rings (SSSR count). The second kappa shape index (κ2) is 8.57. The maximum atomic E-state index is 13.3. The fourth-order valence-corrected chi connectivity index (χ4v) is 3.42. The molecule has 2 N–H and O–H groups in total. The van der Waals surface area contributed by atoms with Crippen molar-refractivity contribution < 1.29 is 9.59 Å². The van der Waals surface area contributed by atoms with Crippen LogP contribution in [0.4, 0.5) is 0 Å². The van der Waals surface area contributed by atoms with Crippen LogP contribution in [0, 0.1) is 0 Å². The van der Waals surface area contributed by atoms with Crippen LogP contribution in [0.25, 0.3) is 22.2 Å². The van der Waals surface area contributed by atoms with Gasteiger partial charge < -0.3 is 10.6 Å². The minimum Gasteiger partial charge on any atom is -0.357 e. The van der Waals surface area contributed by atoms with Gasteiger partial charge in [-0.3, -0.25) is 9.59 Å². The zero-order chi connectivity index (χ0) is 20.9. The highest BCUT2D eigenvalue weighted by Crippen LogP contribution is 2.25. The molecule has 30 heavy (non-hydrogen) atoms. The lowest BCUT2D eigenvalue weighted by molar-refractivity contribution is -0.122. The van der Waals surface area contributed by atoms with Crippen molar-refractivity contribution in [2.24, 2.45) is 0 Å². The largest absolute Gasteiger partial charge is 0.357 e. The van der Waals surface area contributed by atoms with Crippen molar-refractivity contribution in [3.63, 3.8) is 0 Å². The van der Waals surface area contributed by atoms with Gasteiger partial charge in [0.25, 0.3) is 5.91 Å². The van der Waals surface area contributed by atoms with E-state index in [2.05, 4.69) is 10.6 Å². The summed E-state index contributed by atoms with van der Waals surface area (Å²) in [7, 11) is 1.56. The van der Waals surface area contributed by atoms with E-state index in [0.717, 1.165) is 16.5 Å². The predicted molar refractivity (Wildman–Crippen MR) is 118 cm³/mol. The lowest BCUT2D eigenvalue weighted by Crippen LogP contribution is -2.39. The first-order valence-corrected chi connectivity index (χ1v) is 9.70. The van der Waals surface area contributed by atoms with E-state index in [1.807, 2.05) is 84.9 Å². The lowest BCUT2D eigenvalue weighted by Gasteiger charge is -2.18. The normalized spacial score (nSPS) is 11.6. The van der Waals surface area contributed by atoms with Crippen LogP contribution in [0.3, 0.4) is 0 Å². The summed E-state index contributed by atoms with van der Waals surface area (Å²) in [5, 5.41) is 6.26. The van der Waals surface area contributed by atoms with Crippen LogP contribution in [0.5, 0.6) is 0 Å². The van der Waals surface area contributed by atoms with Gasteiger partial charge in [-0.25, -0.2) is 4.98 Å². The highest BCUT2D eigenvalue weighted by Gasteiger charge is 2.23. The molecule has 0 spiro atoms. The molecule has 148 valence electrons. The van der Waals surface area contributed by atoms with Gasteiger partial charge in [-0.1, -0.05) is 78.9 Å². The summed E-state index contributed by atoms with van der Waals surface area (Å²) in [5.41, 5.74) is 3.54. The van der Waals surface area contributed by atoms with Gasteiger partial charge >= 0.3 is 0 Å². The van der Waals surface area contributed by atoms with Gasteiger partial charge in [-0.2, -0.15) is 0 Å². The minimum atomic E-state index is -0.796. The molecule has 3 aromatic carbocycles. The molecule has 0 aliphatic heterocycles. The Bertz CT molecular complexity index is 1190. The fourth-order valence-electron chi connectivity index (χ4n) is 3.42. The van der Waals surface area contributed by atoms with Gasteiger partial charge in [-0.05, 0) is 17.7 Å². The number of pyridine rings is 1. The molecule has 0 aliphatic carbocycles.